The zero-order chi connectivity index (χ0) is 18.3. The molecule has 5 nitrogen and oxygen atoms in total. The van der Waals surface area contributed by atoms with E-state index < -0.39 is 10.0 Å². The van der Waals surface area contributed by atoms with Gasteiger partial charge >= 0.3 is 0 Å². The first-order valence-electron chi connectivity index (χ1n) is 8.29. The van der Waals surface area contributed by atoms with E-state index in [1.165, 1.54) is 0 Å². The molecule has 0 N–H and O–H groups in total. The molecule has 6 heteroatoms. The Kier molecular flexibility index (Phi) is 4.74. The molecule has 0 bridgehead atoms. The number of hydrogen-bond acceptors (Lipinski definition) is 2. The van der Waals surface area contributed by atoms with Gasteiger partial charge in [-0.3, -0.25) is 0 Å². The molecule has 1 aromatic carbocycles. The molecule has 1 heterocycles. The lowest BCUT2D eigenvalue weighted by Gasteiger charge is -2.38. The topological polar surface area (TPSA) is 53.0 Å². The molecule has 1 aliphatic heterocycles. The number of sulfonamides is 1. The Labute approximate surface area is 146 Å². The highest BCUT2D eigenvalue weighted by Gasteiger charge is 2.40. The predicted molar refractivity (Wildman–Crippen MR) is 98.7 cm³/mol. The van der Waals surface area contributed by atoms with Gasteiger partial charge in [-0.05, 0) is 60.6 Å². The quantitative estimate of drug-likeness (QED) is 0.821. The van der Waals surface area contributed by atoms with Crippen LogP contribution in [0, 0.1) is 6.92 Å². The van der Waals surface area contributed by atoms with Gasteiger partial charge in [0.2, 0.25) is 5.96 Å². The van der Waals surface area contributed by atoms with E-state index in [1.807, 2.05) is 6.92 Å². The molecule has 2 rings (SSSR count). The molecule has 0 radical (unpaired) electrons. The fourth-order valence-electron chi connectivity index (χ4n) is 2.79. The van der Waals surface area contributed by atoms with E-state index in [2.05, 4.69) is 55.7 Å². The minimum absolute atomic E-state index is 0.193. The first-order chi connectivity index (χ1) is 10.8. The van der Waals surface area contributed by atoms with E-state index in [0.29, 0.717) is 5.96 Å². The summed E-state index contributed by atoms with van der Waals surface area (Å²) in [6.45, 7) is 15.9. The van der Waals surface area contributed by atoms with Gasteiger partial charge in [-0.1, -0.05) is 17.7 Å². The summed E-state index contributed by atoms with van der Waals surface area (Å²) in [6, 6.07) is 6.83. The second-order valence-corrected chi connectivity index (χ2v) is 9.93. The molecule has 0 spiro atoms. The average Bonchev–Trinajstić information content (AvgIpc) is 2.81. The second-order valence-electron chi connectivity index (χ2n) is 8.32. The molecule has 24 heavy (non-hydrogen) atoms. The monoisotopic (exact) mass is 351 g/mol. The largest absolute Gasteiger partial charge is 0.335 e. The van der Waals surface area contributed by atoms with Crippen LogP contribution in [0.1, 0.15) is 47.1 Å². The number of rotatable bonds is 2. The van der Waals surface area contributed by atoms with Gasteiger partial charge in [-0.2, -0.15) is 8.42 Å². The second kappa shape index (κ2) is 6.06. The van der Waals surface area contributed by atoms with Crippen molar-refractivity contribution in [1.82, 2.24) is 9.80 Å². The number of aryl methyl sites for hydroxylation is 1. The van der Waals surface area contributed by atoms with Crippen LogP contribution in [0.5, 0.6) is 0 Å². The lowest BCUT2D eigenvalue weighted by atomic mass is 10.1. The van der Waals surface area contributed by atoms with Crippen LogP contribution in [0.25, 0.3) is 0 Å². The summed E-state index contributed by atoms with van der Waals surface area (Å²) < 4.78 is 29.9. The highest BCUT2D eigenvalue weighted by molar-refractivity contribution is 7.90. The van der Waals surface area contributed by atoms with Crippen molar-refractivity contribution in [3.63, 3.8) is 0 Å². The standard InChI is InChI=1S/C18H29N3O2S/c1-14-8-10-15(11-9-14)24(22,23)19-16-20(17(2,3)4)12-13-21(16)18(5,6)7/h8-11H,12-13H2,1-7H3. The Bertz CT molecular complexity index is 699. The summed E-state index contributed by atoms with van der Waals surface area (Å²) in [6.07, 6.45) is 0. The van der Waals surface area contributed by atoms with Gasteiger partial charge in [0.15, 0.2) is 0 Å². The third kappa shape index (κ3) is 3.91. The Morgan fingerprint density at radius 3 is 1.67 bits per heavy atom. The molecule has 1 aliphatic rings. The number of benzene rings is 1. The lowest BCUT2D eigenvalue weighted by Crippen LogP contribution is -2.50. The molecule has 0 unspecified atom stereocenters. The highest BCUT2D eigenvalue weighted by atomic mass is 32.2. The zero-order valence-electron chi connectivity index (χ0n) is 15.8. The fraction of sp³-hybridized carbons (Fsp3) is 0.611. The van der Waals surface area contributed by atoms with E-state index in [-0.39, 0.29) is 16.0 Å². The summed E-state index contributed by atoms with van der Waals surface area (Å²) in [5.74, 6) is 0.538. The zero-order valence-corrected chi connectivity index (χ0v) is 16.6. The molecule has 1 aromatic rings. The maximum atomic E-state index is 12.8. The van der Waals surface area contributed by atoms with Gasteiger partial charge in [-0.25, -0.2) is 0 Å². The third-order valence-corrected chi connectivity index (χ3v) is 5.44. The summed E-state index contributed by atoms with van der Waals surface area (Å²) in [5, 5.41) is 0. The van der Waals surface area contributed by atoms with Crippen LogP contribution < -0.4 is 0 Å². The maximum absolute atomic E-state index is 12.8. The number of hydrogen-bond donors (Lipinski definition) is 0. The van der Waals surface area contributed by atoms with E-state index >= 15 is 0 Å². The lowest BCUT2D eigenvalue weighted by molar-refractivity contribution is 0.247. The van der Waals surface area contributed by atoms with Crippen LogP contribution in [0.2, 0.25) is 0 Å². The van der Waals surface area contributed by atoms with Crippen molar-refractivity contribution < 1.29 is 8.42 Å². The number of guanidine groups is 1. The van der Waals surface area contributed by atoms with Crippen LogP contribution in [-0.2, 0) is 10.0 Å². The van der Waals surface area contributed by atoms with Crippen LogP contribution in [0.3, 0.4) is 0 Å². The van der Waals surface area contributed by atoms with Crippen molar-refractivity contribution in [2.24, 2.45) is 4.40 Å². The highest BCUT2D eigenvalue weighted by Crippen LogP contribution is 2.28. The van der Waals surface area contributed by atoms with E-state index in [1.54, 1.807) is 24.3 Å². The SMILES string of the molecule is Cc1ccc(S(=O)(=O)N=C2N(C(C)(C)C)CCN2C(C)(C)C)cc1. The third-order valence-electron chi connectivity index (χ3n) is 4.17. The minimum Gasteiger partial charge on any atom is -0.335 e. The molecule has 134 valence electrons. The Morgan fingerprint density at radius 2 is 1.29 bits per heavy atom. The Hall–Kier alpha value is -1.56. The smallest absolute Gasteiger partial charge is 0.285 e. The Morgan fingerprint density at radius 1 is 0.875 bits per heavy atom. The van der Waals surface area contributed by atoms with Crippen molar-refractivity contribution in [3.05, 3.63) is 29.8 Å². The molecule has 0 atom stereocenters. The van der Waals surface area contributed by atoms with Gasteiger partial charge < -0.3 is 9.80 Å². The van der Waals surface area contributed by atoms with E-state index in [4.69, 9.17) is 0 Å². The van der Waals surface area contributed by atoms with Gasteiger partial charge in [0, 0.05) is 24.2 Å². The van der Waals surface area contributed by atoms with E-state index in [9.17, 15) is 8.42 Å². The molecular formula is C18H29N3O2S. The first kappa shape index (κ1) is 18.8. The van der Waals surface area contributed by atoms with Gasteiger partial charge in [-0.15, -0.1) is 4.40 Å². The molecule has 0 amide bonds. The molecule has 1 saturated heterocycles. The summed E-state index contributed by atoms with van der Waals surface area (Å²) in [4.78, 5) is 4.38. The summed E-state index contributed by atoms with van der Waals surface area (Å²) >= 11 is 0. The van der Waals surface area contributed by atoms with Crippen molar-refractivity contribution >= 4 is 16.0 Å². The molecule has 1 fully saturated rings. The van der Waals surface area contributed by atoms with Gasteiger partial charge in [0.25, 0.3) is 10.0 Å². The van der Waals surface area contributed by atoms with Crippen molar-refractivity contribution in [3.8, 4) is 0 Å². The Balaban J connectivity index is 2.53. The van der Waals surface area contributed by atoms with Crippen molar-refractivity contribution in [1.29, 1.82) is 0 Å². The van der Waals surface area contributed by atoms with Crippen LogP contribution >= 0.6 is 0 Å². The normalized spacial score (nSPS) is 16.7. The van der Waals surface area contributed by atoms with Gasteiger partial charge in [0.1, 0.15) is 0 Å². The van der Waals surface area contributed by atoms with Crippen LogP contribution in [-0.4, -0.2) is 48.3 Å². The summed E-state index contributed by atoms with van der Waals surface area (Å²) in [7, 11) is -3.74. The molecule has 0 aliphatic carbocycles. The summed E-state index contributed by atoms with van der Waals surface area (Å²) in [5.41, 5.74) is 0.638. The predicted octanol–water partition coefficient (Wildman–Crippen LogP) is 3.25. The van der Waals surface area contributed by atoms with Crippen molar-refractivity contribution in [2.75, 3.05) is 13.1 Å². The first-order valence-corrected chi connectivity index (χ1v) is 9.73. The molecule has 0 aromatic heterocycles. The molecule has 0 saturated carbocycles. The van der Waals surface area contributed by atoms with Crippen LogP contribution in [0.15, 0.2) is 33.6 Å². The molecular weight excluding hydrogens is 322 g/mol. The average molecular weight is 352 g/mol. The van der Waals surface area contributed by atoms with Gasteiger partial charge in [0.05, 0.1) is 4.90 Å². The maximum Gasteiger partial charge on any atom is 0.285 e. The van der Waals surface area contributed by atoms with Crippen LogP contribution in [0.4, 0.5) is 0 Å². The minimum atomic E-state index is -3.74. The van der Waals surface area contributed by atoms with Crippen molar-refractivity contribution in [2.45, 2.75) is 64.4 Å². The fourth-order valence-corrected chi connectivity index (χ4v) is 3.78. The van der Waals surface area contributed by atoms with E-state index in [0.717, 1.165) is 18.7 Å². The number of nitrogens with zero attached hydrogens (tertiary/aromatic N) is 3.